The molecule has 0 atom stereocenters. The Kier molecular flexibility index (Phi) is 4.72. The Hall–Kier alpha value is -2.63. The van der Waals surface area contributed by atoms with Crippen LogP contribution in [0.2, 0.25) is 0 Å². The van der Waals surface area contributed by atoms with Crippen molar-refractivity contribution in [2.75, 3.05) is 26.2 Å². The largest absolute Gasteiger partial charge is 0.339 e. The molecular weight excluding hydrogens is 340 g/mol. The van der Waals surface area contributed by atoms with Gasteiger partial charge in [-0.05, 0) is 32.3 Å². The van der Waals surface area contributed by atoms with E-state index in [2.05, 4.69) is 17.2 Å². The number of hydrogen-bond acceptors (Lipinski definition) is 3. The zero-order valence-corrected chi connectivity index (χ0v) is 16.0. The maximum atomic E-state index is 13.1. The highest BCUT2D eigenvalue weighted by Crippen LogP contribution is 2.31. The molecule has 2 heterocycles. The van der Waals surface area contributed by atoms with Crippen molar-refractivity contribution >= 4 is 11.8 Å². The topological polar surface area (TPSA) is 58.4 Å². The van der Waals surface area contributed by atoms with Gasteiger partial charge in [-0.25, -0.2) is 0 Å². The van der Waals surface area contributed by atoms with Crippen LogP contribution in [0.4, 0.5) is 0 Å². The first-order valence-electron chi connectivity index (χ1n) is 9.70. The van der Waals surface area contributed by atoms with Crippen molar-refractivity contribution in [1.82, 2.24) is 19.6 Å². The van der Waals surface area contributed by atoms with Gasteiger partial charge in [0.05, 0.1) is 17.8 Å². The molecule has 0 radical (unpaired) electrons. The van der Waals surface area contributed by atoms with Crippen LogP contribution in [0, 0.1) is 19.8 Å². The Morgan fingerprint density at radius 3 is 2.26 bits per heavy atom. The summed E-state index contributed by atoms with van der Waals surface area (Å²) in [6.07, 6.45) is 2.05. The lowest BCUT2D eigenvalue weighted by atomic mass is 10.1. The summed E-state index contributed by atoms with van der Waals surface area (Å²) in [6.45, 7) is 6.98. The SMILES string of the molecule is Cc1nn(Cc2ccccc2)c(C)c1C(=O)N1CCN(C(=O)C2CC2)CC1. The van der Waals surface area contributed by atoms with Crippen molar-refractivity contribution in [3.05, 3.63) is 52.8 Å². The monoisotopic (exact) mass is 366 g/mol. The van der Waals surface area contributed by atoms with Gasteiger partial charge in [0.2, 0.25) is 5.91 Å². The lowest BCUT2D eigenvalue weighted by Gasteiger charge is -2.35. The second kappa shape index (κ2) is 7.18. The molecule has 1 aromatic carbocycles. The highest BCUT2D eigenvalue weighted by atomic mass is 16.2. The lowest BCUT2D eigenvalue weighted by molar-refractivity contribution is -0.134. The fraction of sp³-hybridized carbons (Fsp3) is 0.476. The molecule has 6 nitrogen and oxygen atoms in total. The summed E-state index contributed by atoms with van der Waals surface area (Å²) < 4.78 is 1.91. The predicted octanol–water partition coefficient (Wildman–Crippen LogP) is 2.24. The molecule has 142 valence electrons. The molecule has 2 aliphatic rings. The van der Waals surface area contributed by atoms with Gasteiger partial charge in [-0.1, -0.05) is 30.3 Å². The normalized spacial score (nSPS) is 17.3. The van der Waals surface area contributed by atoms with E-state index in [1.165, 1.54) is 0 Å². The fourth-order valence-corrected chi connectivity index (χ4v) is 3.79. The van der Waals surface area contributed by atoms with Crippen LogP contribution < -0.4 is 0 Å². The summed E-state index contributed by atoms with van der Waals surface area (Å²) in [5.41, 5.74) is 3.53. The predicted molar refractivity (Wildman–Crippen MR) is 102 cm³/mol. The summed E-state index contributed by atoms with van der Waals surface area (Å²) in [5.74, 6) is 0.543. The highest BCUT2D eigenvalue weighted by molar-refractivity contribution is 5.96. The standard InChI is InChI=1S/C21H26N4O2/c1-15-19(16(2)25(22-15)14-17-6-4-3-5-7-17)21(27)24-12-10-23(11-13-24)20(26)18-8-9-18/h3-7,18H,8-14H2,1-2H3. The van der Waals surface area contributed by atoms with Gasteiger partial charge in [0, 0.05) is 37.8 Å². The van der Waals surface area contributed by atoms with Gasteiger partial charge < -0.3 is 9.80 Å². The van der Waals surface area contributed by atoms with E-state index in [0.717, 1.165) is 29.8 Å². The number of nitrogens with zero attached hydrogens (tertiary/aromatic N) is 4. The second-order valence-electron chi connectivity index (χ2n) is 7.58. The van der Waals surface area contributed by atoms with Crippen LogP contribution in [0.1, 0.15) is 40.2 Å². The van der Waals surface area contributed by atoms with E-state index in [1.807, 2.05) is 46.5 Å². The first kappa shape index (κ1) is 17.8. The summed E-state index contributed by atoms with van der Waals surface area (Å²) in [7, 11) is 0. The van der Waals surface area contributed by atoms with Gasteiger partial charge in [0.25, 0.3) is 5.91 Å². The first-order chi connectivity index (χ1) is 13.0. The van der Waals surface area contributed by atoms with Crippen LogP contribution in [-0.2, 0) is 11.3 Å². The zero-order chi connectivity index (χ0) is 19.0. The van der Waals surface area contributed by atoms with Gasteiger partial charge in [0.15, 0.2) is 0 Å². The molecule has 4 rings (SSSR count). The van der Waals surface area contributed by atoms with Gasteiger partial charge in [-0.3, -0.25) is 14.3 Å². The molecular formula is C21H26N4O2. The van der Waals surface area contributed by atoms with Crippen LogP contribution in [0.5, 0.6) is 0 Å². The first-order valence-corrected chi connectivity index (χ1v) is 9.70. The Morgan fingerprint density at radius 2 is 1.63 bits per heavy atom. The van der Waals surface area contributed by atoms with E-state index in [0.29, 0.717) is 38.3 Å². The number of hydrogen-bond donors (Lipinski definition) is 0. The van der Waals surface area contributed by atoms with Gasteiger partial charge in [0.1, 0.15) is 0 Å². The van der Waals surface area contributed by atoms with E-state index < -0.39 is 0 Å². The summed E-state index contributed by atoms with van der Waals surface area (Å²) in [6, 6.07) is 10.1. The molecule has 0 unspecified atom stereocenters. The maximum Gasteiger partial charge on any atom is 0.257 e. The number of aromatic nitrogens is 2. The molecule has 1 aliphatic heterocycles. The maximum absolute atomic E-state index is 13.1. The van der Waals surface area contributed by atoms with Gasteiger partial charge in [-0.2, -0.15) is 5.10 Å². The number of aryl methyl sites for hydroxylation is 1. The number of amides is 2. The van der Waals surface area contributed by atoms with E-state index in [1.54, 1.807) is 0 Å². The van der Waals surface area contributed by atoms with Crippen LogP contribution in [0.25, 0.3) is 0 Å². The highest BCUT2D eigenvalue weighted by Gasteiger charge is 2.35. The quantitative estimate of drug-likeness (QED) is 0.834. The Balaban J connectivity index is 1.45. The molecule has 1 aromatic heterocycles. The molecule has 2 aromatic rings. The Bertz CT molecular complexity index is 847. The number of carbonyl (C=O) groups is 2. The van der Waals surface area contributed by atoms with Crippen molar-refractivity contribution in [2.24, 2.45) is 5.92 Å². The number of rotatable bonds is 4. The van der Waals surface area contributed by atoms with Crippen molar-refractivity contribution in [2.45, 2.75) is 33.2 Å². The minimum absolute atomic E-state index is 0.0304. The van der Waals surface area contributed by atoms with Crippen LogP contribution in [-0.4, -0.2) is 57.6 Å². The van der Waals surface area contributed by atoms with Crippen LogP contribution in [0.3, 0.4) is 0 Å². The molecule has 1 saturated carbocycles. The molecule has 0 bridgehead atoms. The lowest BCUT2D eigenvalue weighted by Crippen LogP contribution is -2.51. The number of benzene rings is 1. The van der Waals surface area contributed by atoms with Crippen molar-refractivity contribution in [1.29, 1.82) is 0 Å². The smallest absolute Gasteiger partial charge is 0.257 e. The van der Waals surface area contributed by atoms with Crippen LogP contribution in [0.15, 0.2) is 30.3 Å². The molecule has 2 fully saturated rings. The molecule has 0 N–H and O–H groups in total. The Morgan fingerprint density at radius 1 is 1.00 bits per heavy atom. The van der Waals surface area contributed by atoms with Crippen molar-refractivity contribution < 1.29 is 9.59 Å². The molecule has 1 aliphatic carbocycles. The van der Waals surface area contributed by atoms with E-state index in [-0.39, 0.29) is 17.7 Å². The average molecular weight is 366 g/mol. The molecule has 0 spiro atoms. The average Bonchev–Trinajstić information content (AvgIpc) is 3.49. The molecule has 1 saturated heterocycles. The number of carbonyl (C=O) groups excluding carboxylic acids is 2. The summed E-state index contributed by atoms with van der Waals surface area (Å²) in [4.78, 5) is 29.1. The second-order valence-corrected chi connectivity index (χ2v) is 7.58. The Labute approximate surface area is 159 Å². The van der Waals surface area contributed by atoms with Crippen molar-refractivity contribution in [3.8, 4) is 0 Å². The van der Waals surface area contributed by atoms with E-state index in [9.17, 15) is 9.59 Å². The third kappa shape index (κ3) is 3.61. The third-order valence-corrected chi connectivity index (χ3v) is 5.58. The van der Waals surface area contributed by atoms with Gasteiger partial charge >= 0.3 is 0 Å². The molecule has 2 amide bonds. The van der Waals surface area contributed by atoms with Gasteiger partial charge in [-0.15, -0.1) is 0 Å². The van der Waals surface area contributed by atoms with E-state index in [4.69, 9.17) is 0 Å². The molecule has 27 heavy (non-hydrogen) atoms. The van der Waals surface area contributed by atoms with Crippen LogP contribution >= 0.6 is 0 Å². The molecule has 6 heteroatoms. The zero-order valence-electron chi connectivity index (χ0n) is 16.0. The fourth-order valence-electron chi connectivity index (χ4n) is 3.79. The van der Waals surface area contributed by atoms with E-state index >= 15 is 0 Å². The minimum atomic E-state index is 0.0304. The summed E-state index contributed by atoms with van der Waals surface area (Å²) in [5, 5.41) is 4.60. The van der Waals surface area contributed by atoms with Crippen molar-refractivity contribution in [3.63, 3.8) is 0 Å². The minimum Gasteiger partial charge on any atom is -0.339 e. The summed E-state index contributed by atoms with van der Waals surface area (Å²) >= 11 is 0. The number of piperazine rings is 1. The third-order valence-electron chi connectivity index (χ3n) is 5.58.